The molecule has 1 heterocycles. The molecule has 0 saturated heterocycles. The lowest BCUT2D eigenvalue weighted by molar-refractivity contribution is -0.137. The van der Waals surface area contributed by atoms with Gasteiger partial charge in [-0.1, -0.05) is 18.2 Å². The molecule has 0 spiro atoms. The lowest BCUT2D eigenvalue weighted by Crippen LogP contribution is -2.45. The van der Waals surface area contributed by atoms with Crippen LogP contribution >= 0.6 is 0 Å². The summed E-state index contributed by atoms with van der Waals surface area (Å²) in [5.41, 5.74) is -0.139. The molecule has 35 heavy (non-hydrogen) atoms. The zero-order valence-electron chi connectivity index (χ0n) is 19.4. The summed E-state index contributed by atoms with van der Waals surface area (Å²) in [6.07, 6.45) is -1.91. The molecule has 186 valence electrons. The summed E-state index contributed by atoms with van der Waals surface area (Å²) in [6, 6.07) is 8.41. The predicted molar refractivity (Wildman–Crippen MR) is 125 cm³/mol. The minimum Gasteiger partial charge on any atom is -0.393 e. The summed E-state index contributed by atoms with van der Waals surface area (Å²) < 4.78 is 54.5. The van der Waals surface area contributed by atoms with Gasteiger partial charge in [0.05, 0.1) is 17.4 Å². The van der Waals surface area contributed by atoms with E-state index in [9.17, 15) is 32.3 Å². The molecule has 2 aromatic rings. The Kier molecular flexibility index (Phi) is 6.48. The lowest BCUT2D eigenvalue weighted by Gasteiger charge is -2.34. The highest BCUT2D eigenvalue weighted by atomic mass is 19.4. The molecule has 2 aromatic carbocycles. The molecule has 1 aliphatic heterocycles. The summed E-state index contributed by atoms with van der Waals surface area (Å²) in [4.78, 5) is 26.5. The number of fused-ring (bicyclic) bond motifs is 2. The van der Waals surface area contributed by atoms with Crippen molar-refractivity contribution in [2.45, 2.75) is 57.5 Å². The monoisotopic (exact) mass is 490 g/mol. The number of anilines is 2. The van der Waals surface area contributed by atoms with Gasteiger partial charge in [0.2, 0.25) is 5.91 Å². The largest absolute Gasteiger partial charge is 0.416 e. The molecule has 4 rings (SSSR count). The highest BCUT2D eigenvalue weighted by Crippen LogP contribution is 2.40. The quantitative estimate of drug-likeness (QED) is 0.467. The first-order chi connectivity index (χ1) is 16.3. The Labute approximate surface area is 200 Å². The van der Waals surface area contributed by atoms with Crippen LogP contribution in [0.5, 0.6) is 0 Å². The fourth-order valence-electron chi connectivity index (χ4n) is 4.59. The fraction of sp³-hybridized carbons (Fsp3) is 0.385. The minimum absolute atomic E-state index is 0.0630. The van der Waals surface area contributed by atoms with E-state index in [0.717, 1.165) is 42.0 Å². The number of carbonyl (C=O) groups is 2. The summed E-state index contributed by atoms with van der Waals surface area (Å²) in [6.45, 7) is 2.05. The zero-order chi connectivity index (χ0) is 25.5. The van der Waals surface area contributed by atoms with Crippen LogP contribution in [0, 0.1) is 0 Å². The first kappa shape index (κ1) is 24.9. The smallest absolute Gasteiger partial charge is 0.393 e. The third kappa shape index (κ3) is 5.24. The summed E-state index contributed by atoms with van der Waals surface area (Å²) >= 11 is 0. The standard InChI is InChI=1S/C26H26F4N2O3/c1-25(2,27)24(35)32-11-10-16(19-9-7-17(13-22(19)32)26(28,29)30)12-23(34)31-21-5-3-4-15-6-8-18(33)14-20(15)21/h3-5,7,9,12-13,18,33H,6,8,10-11,14H2,1-2H3,(H,31,34)/b16-12+. The van der Waals surface area contributed by atoms with E-state index in [0.29, 0.717) is 30.5 Å². The first-order valence-corrected chi connectivity index (χ1v) is 11.4. The number of benzene rings is 2. The molecule has 5 nitrogen and oxygen atoms in total. The van der Waals surface area contributed by atoms with E-state index in [-0.39, 0.29) is 24.2 Å². The van der Waals surface area contributed by atoms with Crippen molar-refractivity contribution in [2.75, 3.05) is 16.8 Å². The molecule has 0 aromatic heterocycles. The second kappa shape index (κ2) is 9.11. The van der Waals surface area contributed by atoms with Crippen molar-refractivity contribution in [2.24, 2.45) is 0 Å². The molecular formula is C26H26F4N2O3. The van der Waals surface area contributed by atoms with Gasteiger partial charge in [-0.25, -0.2) is 4.39 Å². The molecule has 2 aliphatic rings. The van der Waals surface area contributed by atoms with Crippen molar-refractivity contribution in [1.29, 1.82) is 0 Å². The normalized spacial score (nSPS) is 19.2. The lowest BCUT2D eigenvalue weighted by atomic mass is 9.88. The van der Waals surface area contributed by atoms with Crippen molar-refractivity contribution in [1.82, 2.24) is 0 Å². The Bertz CT molecular complexity index is 1200. The van der Waals surface area contributed by atoms with Crippen LogP contribution in [0.4, 0.5) is 28.9 Å². The third-order valence-electron chi connectivity index (χ3n) is 6.34. The van der Waals surface area contributed by atoms with Crippen LogP contribution < -0.4 is 10.2 Å². The molecule has 0 bridgehead atoms. The van der Waals surface area contributed by atoms with Gasteiger partial charge in [-0.15, -0.1) is 0 Å². The van der Waals surface area contributed by atoms with Crippen LogP contribution in [0.1, 0.15) is 48.9 Å². The molecule has 2 N–H and O–H groups in total. The van der Waals surface area contributed by atoms with Crippen molar-refractivity contribution >= 4 is 28.8 Å². The van der Waals surface area contributed by atoms with Gasteiger partial charge in [0.1, 0.15) is 0 Å². The van der Waals surface area contributed by atoms with Crippen LogP contribution in [0.3, 0.4) is 0 Å². The van der Waals surface area contributed by atoms with Gasteiger partial charge in [-0.05, 0) is 68.0 Å². The number of halogens is 4. The average molecular weight is 490 g/mol. The maximum Gasteiger partial charge on any atom is 0.416 e. The minimum atomic E-state index is -4.65. The fourth-order valence-corrected chi connectivity index (χ4v) is 4.59. The Balaban J connectivity index is 1.68. The van der Waals surface area contributed by atoms with E-state index < -0.39 is 35.3 Å². The molecule has 0 fully saturated rings. The van der Waals surface area contributed by atoms with Crippen LogP contribution in [-0.4, -0.2) is 35.2 Å². The van der Waals surface area contributed by atoms with Crippen molar-refractivity contribution < 1.29 is 32.3 Å². The number of nitrogens with one attached hydrogen (secondary N) is 1. The Morgan fingerprint density at radius 3 is 2.54 bits per heavy atom. The highest BCUT2D eigenvalue weighted by Gasteiger charge is 2.38. The number of rotatable bonds is 3. The Hall–Kier alpha value is -3.20. The SMILES string of the molecule is CC(C)(F)C(=O)N1CC/C(=C\C(=O)Nc2cccc3c2CC(O)CC3)c2ccc(C(F)(F)F)cc21. The van der Waals surface area contributed by atoms with E-state index in [1.54, 1.807) is 6.07 Å². The molecule has 9 heteroatoms. The van der Waals surface area contributed by atoms with Crippen LogP contribution in [0.15, 0.2) is 42.5 Å². The average Bonchev–Trinajstić information content (AvgIpc) is 2.77. The molecule has 0 saturated carbocycles. The van der Waals surface area contributed by atoms with E-state index in [1.165, 1.54) is 12.1 Å². The third-order valence-corrected chi connectivity index (χ3v) is 6.34. The summed E-state index contributed by atoms with van der Waals surface area (Å²) in [5, 5.41) is 12.8. The Morgan fingerprint density at radius 2 is 1.86 bits per heavy atom. The molecule has 1 atom stereocenters. The van der Waals surface area contributed by atoms with Crippen LogP contribution in [0.2, 0.25) is 0 Å². The van der Waals surface area contributed by atoms with Crippen LogP contribution in [0.25, 0.3) is 5.57 Å². The van der Waals surface area contributed by atoms with Crippen molar-refractivity contribution in [3.05, 3.63) is 64.7 Å². The maximum absolute atomic E-state index is 14.4. The predicted octanol–water partition coefficient (Wildman–Crippen LogP) is 5.06. The summed E-state index contributed by atoms with van der Waals surface area (Å²) in [5.74, 6) is -1.43. The van der Waals surface area contributed by atoms with Gasteiger partial charge in [0.25, 0.3) is 5.91 Å². The van der Waals surface area contributed by atoms with Crippen LogP contribution in [-0.2, 0) is 28.6 Å². The number of nitrogens with zero attached hydrogens (tertiary/aromatic N) is 1. The number of hydrogen-bond donors (Lipinski definition) is 2. The number of carbonyl (C=O) groups excluding carboxylic acids is 2. The number of aliphatic hydroxyl groups excluding tert-OH is 1. The van der Waals surface area contributed by atoms with E-state index in [1.807, 2.05) is 12.1 Å². The van der Waals surface area contributed by atoms with Gasteiger partial charge in [0.15, 0.2) is 5.67 Å². The molecule has 1 aliphatic carbocycles. The van der Waals surface area contributed by atoms with E-state index >= 15 is 0 Å². The second-order valence-corrected chi connectivity index (χ2v) is 9.41. The first-order valence-electron chi connectivity index (χ1n) is 11.4. The topological polar surface area (TPSA) is 69.6 Å². The van der Waals surface area contributed by atoms with Gasteiger partial charge in [-0.3, -0.25) is 9.59 Å². The van der Waals surface area contributed by atoms with Crippen molar-refractivity contribution in [3.63, 3.8) is 0 Å². The van der Waals surface area contributed by atoms with Gasteiger partial charge < -0.3 is 15.3 Å². The highest BCUT2D eigenvalue weighted by molar-refractivity contribution is 6.08. The van der Waals surface area contributed by atoms with Crippen molar-refractivity contribution in [3.8, 4) is 0 Å². The number of amides is 2. The number of alkyl halides is 4. The second-order valence-electron chi connectivity index (χ2n) is 9.41. The molecule has 2 amide bonds. The zero-order valence-corrected chi connectivity index (χ0v) is 19.4. The molecule has 1 unspecified atom stereocenters. The number of aliphatic hydroxyl groups is 1. The Morgan fingerprint density at radius 1 is 1.11 bits per heavy atom. The summed E-state index contributed by atoms with van der Waals surface area (Å²) in [7, 11) is 0. The molecule has 0 radical (unpaired) electrons. The van der Waals surface area contributed by atoms with E-state index in [2.05, 4.69) is 5.32 Å². The maximum atomic E-state index is 14.4. The molecular weight excluding hydrogens is 464 g/mol. The van der Waals surface area contributed by atoms with Gasteiger partial charge in [0, 0.05) is 30.3 Å². The van der Waals surface area contributed by atoms with E-state index in [4.69, 9.17) is 0 Å². The number of aryl methyl sites for hydroxylation is 1. The number of hydrogen-bond acceptors (Lipinski definition) is 3. The van der Waals surface area contributed by atoms with Gasteiger partial charge >= 0.3 is 6.18 Å². The van der Waals surface area contributed by atoms with Gasteiger partial charge in [-0.2, -0.15) is 13.2 Å².